The maximum atomic E-state index is 13.1. The summed E-state index contributed by atoms with van der Waals surface area (Å²) < 4.78 is 5.71. The average molecular weight is 364 g/mol. The van der Waals surface area contributed by atoms with Gasteiger partial charge in [-0.2, -0.15) is 4.98 Å². The SMILES string of the molecule is CN(C)c1nc2cc(NC(C(=O)N3CCCC3)c3ccccc3)ccc2o1. The van der Waals surface area contributed by atoms with E-state index in [2.05, 4.69) is 10.3 Å². The number of hydrogen-bond acceptors (Lipinski definition) is 5. The number of anilines is 2. The maximum Gasteiger partial charge on any atom is 0.297 e. The van der Waals surface area contributed by atoms with E-state index in [4.69, 9.17) is 4.42 Å². The number of oxazole rings is 1. The van der Waals surface area contributed by atoms with Crippen molar-refractivity contribution in [2.45, 2.75) is 18.9 Å². The molecule has 4 rings (SSSR count). The highest BCUT2D eigenvalue weighted by atomic mass is 16.4. The van der Waals surface area contributed by atoms with Gasteiger partial charge in [0.25, 0.3) is 6.01 Å². The van der Waals surface area contributed by atoms with Gasteiger partial charge in [-0.3, -0.25) is 4.79 Å². The van der Waals surface area contributed by atoms with Crippen molar-refractivity contribution in [3.05, 3.63) is 54.1 Å². The van der Waals surface area contributed by atoms with Crippen molar-refractivity contribution >= 4 is 28.7 Å². The van der Waals surface area contributed by atoms with Gasteiger partial charge in [-0.05, 0) is 36.6 Å². The van der Waals surface area contributed by atoms with E-state index in [-0.39, 0.29) is 5.91 Å². The van der Waals surface area contributed by atoms with Gasteiger partial charge in [-0.15, -0.1) is 0 Å². The number of hydrogen-bond donors (Lipinski definition) is 1. The Hall–Kier alpha value is -3.02. The van der Waals surface area contributed by atoms with Crippen molar-refractivity contribution in [2.24, 2.45) is 0 Å². The largest absolute Gasteiger partial charge is 0.423 e. The quantitative estimate of drug-likeness (QED) is 0.748. The Balaban J connectivity index is 1.64. The molecule has 2 aromatic carbocycles. The third-order valence-corrected chi connectivity index (χ3v) is 4.87. The monoisotopic (exact) mass is 364 g/mol. The molecule has 3 aromatic rings. The van der Waals surface area contributed by atoms with E-state index in [1.165, 1.54) is 0 Å². The number of nitrogens with one attached hydrogen (secondary N) is 1. The average Bonchev–Trinajstić information content (AvgIpc) is 3.35. The number of carbonyl (C=O) groups is 1. The molecule has 6 heteroatoms. The second-order valence-electron chi connectivity index (χ2n) is 7.09. The van der Waals surface area contributed by atoms with Crippen LogP contribution in [-0.2, 0) is 4.79 Å². The van der Waals surface area contributed by atoms with Gasteiger partial charge in [0.05, 0.1) is 0 Å². The molecule has 1 aliphatic heterocycles. The third-order valence-electron chi connectivity index (χ3n) is 4.87. The molecule has 1 fully saturated rings. The Bertz CT molecular complexity index is 930. The second kappa shape index (κ2) is 7.31. The smallest absolute Gasteiger partial charge is 0.297 e. The van der Waals surface area contributed by atoms with Crippen molar-refractivity contribution in [3.63, 3.8) is 0 Å². The number of nitrogens with zero attached hydrogens (tertiary/aromatic N) is 3. The van der Waals surface area contributed by atoms with E-state index < -0.39 is 6.04 Å². The summed E-state index contributed by atoms with van der Waals surface area (Å²) in [6.45, 7) is 1.66. The van der Waals surface area contributed by atoms with Crippen molar-refractivity contribution < 1.29 is 9.21 Å². The molecular weight excluding hydrogens is 340 g/mol. The first-order valence-electron chi connectivity index (χ1n) is 9.30. The topological polar surface area (TPSA) is 61.6 Å². The summed E-state index contributed by atoms with van der Waals surface area (Å²) in [7, 11) is 3.79. The standard InChI is InChI=1S/C21H24N4O2/c1-24(2)21-23-17-14-16(10-11-18(17)27-21)22-19(15-8-4-3-5-9-15)20(26)25-12-6-7-13-25/h3-5,8-11,14,19,22H,6-7,12-13H2,1-2H3. The van der Waals surface area contributed by atoms with Crippen LogP contribution in [0, 0.1) is 0 Å². The molecule has 0 aliphatic carbocycles. The lowest BCUT2D eigenvalue weighted by Gasteiger charge is -2.25. The van der Waals surface area contributed by atoms with E-state index >= 15 is 0 Å². The fourth-order valence-corrected chi connectivity index (χ4v) is 3.42. The van der Waals surface area contributed by atoms with Crippen LogP contribution in [0.5, 0.6) is 0 Å². The zero-order valence-electron chi connectivity index (χ0n) is 15.7. The molecule has 1 saturated heterocycles. The number of likely N-dealkylation sites (tertiary alicyclic amines) is 1. The Kier molecular flexibility index (Phi) is 4.71. The van der Waals surface area contributed by atoms with Crippen LogP contribution in [0.3, 0.4) is 0 Å². The number of fused-ring (bicyclic) bond motifs is 1. The minimum absolute atomic E-state index is 0.118. The first-order chi connectivity index (χ1) is 13.1. The summed E-state index contributed by atoms with van der Waals surface area (Å²) in [5, 5.41) is 3.42. The summed E-state index contributed by atoms with van der Waals surface area (Å²) in [6, 6.07) is 15.8. The van der Waals surface area contributed by atoms with E-state index in [9.17, 15) is 4.79 Å². The fourth-order valence-electron chi connectivity index (χ4n) is 3.42. The molecule has 1 aromatic heterocycles. The number of rotatable bonds is 5. The van der Waals surface area contributed by atoms with Gasteiger partial charge in [-0.1, -0.05) is 30.3 Å². The Labute approximate surface area is 158 Å². The Morgan fingerprint density at radius 1 is 1.15 bits per heavy atom. The fraction of sp³-hybridized carbons (Fsp3) is 0.333. The minimum Gasteiger partial charge on any atom is -0.423 e. The third kappa shape index (κ3) is 3.60. The van der Waals surface area contributed by atoms with Crippen LogP contribution in [0.1, 0.15) is 24.4 Å². The molecule has 0 radical (unpaired) electrons. The molecule has 1 unspecified atom stereocenters. The van der Waals surface area contributed by atoms with Crippen molar-refractivity contribution in [1.29, 1.82) is 0 Å². The van der Waals surface area contributed by atoms with Gasteiger partial charge in [-0.25, -0.2) is 0 Å². The summed E-state index contributed by atoms with van der Waals surface area (Å²) in [4.78, 5) is 21.4. The van der Waals surface area contributed by atoms with Gasteiger partial charge >= 0.3 is 0 Å². The van der Waals surface area contributed by atoms with Crippen LogP contribution in [-0.4, -0.2) is 43.0 Å². The number of aromatic nitrogens is 1. The molecule has 2 heterocycles. The van der Waals surface area contributed by atoms with Crippen molar-refractivity contribution in [3.8, 4) is 0 Å². The van der Waals surface area contributed by atoms with Crippen LogP contribution in [0.4, 0.5) is 11.7 Å². The lowest BCUT2D eigenvalue weighted by atomic mass is 10.0. The van der Waals surface area contributed by atoms with E-state index in [1.54, 1.807) is 0 Å². The van der Waals surface area contributed by atoms with E-state index in [1.807, 2.05) is 72.4 Å². The summed E-state index contributed by atoms with van der Waals surface area (Å²) in [6.07, 6.45) is 2.15. The van der Waals surface area contributed by atoms with Crippen LogP contribution >= 0.6 is 0 Å². The normalized spacial score (nSPS) is 15.1. The van der Waals surface area contributed by atoms with Crippen LogP contribution in [0.2, 0.25) is 0 Å². The first kappa shape index (κ1) is 17.4. The minimum atomic E-state index is -0.415. The number of amides is 1. The maximum absolute atomic E-state index is 13.1. The van der Waals surface area contributed by atoms with Gasteiger partial charge in [0.1, 0.15) is 11.6 Å². The molecule has 6 nitrogen and oxygen atoms in total. The van der Waals surface area contributed by atoms with E-state index in [0.29, 0.717) is 6.01 Å². The zero-order chi connectivity index (χ0) is 18.8. The molecule has 1 aliphatic rings. The van der Waals surface area contributed by atoms with Crippen LogP contribution in [0.25, 0.3) is 11.1 Å². The van der Waals surface area contributed by atoms with E-state index in [0.717, 1.165) is 48.3 Å². The molecule has 27 heavy (non-hydrogen) atoms. The van der Waals surface area contributed by atoms with Crippen LogP contribution < -0.4 is 10.2 Å². The predicted octanol–water partition coefficient (Wildman–Crippen LogP) is 3.67. The highest BCUT2D eigenvalue weighted by Gasteiger charge is 2.27. The number of benzene rings is 2. The summed E-state index contributed by atoms with van der Waals surface area (Å²) in [5.74, 6) is 0.118. The van der Waals surface area contributed by atoms with Gasteiger partial charge in [0, 0.05) is 32.9 Å². The zero-order valence-corrected chi connectivity index (χ0v) is 15.7. The molecule has 140 valence electrons. The molecule has 1 amide bonds. The molecule has 1 N–H and O–H groups in total. The molecule has 0 saturated carbocycles. The Morgan fingerprint density at radius 3 is 2.59 bits per heavy atom. The number of carbonyl (C=O) groups excluding carboxylic acids is 1. The summed E-state index contributed by atoms with van der Waals surface area (Å²) >= 11 is 0. The van der Waals surface area contributed by atoms with Gasteiger partial charge < -0.3 is 19.5 Å². The van der Waals surface area contributed by atoms with Gasteiger partial charge in [0.2, 0.25) is 5.91 Å². The van der Waals surface area contributed by atoms with Crippen LogP contribution in [0.15, 0.2) is 52.9 Å². The second-order valence-corrected chi connectivity index (χ2v) is 7.09. The molecule has 0 spiro atoms. The lowest BCUT2D eigenvalue weighted by molar-refractivity contribution is -0.131. The van der Waals surface area contributed by atoms with Crippen molar-refractivity contribution in [1.82, 2.24) is 9.88 Å². The predicted molar refractivity (Wildman–Crippen MR) is 107 cm³/mol. The molecule has 0 bridgehead atoms. The Morgan fingerprint density at radius 2 is 1.89 bits per heavy atom. The highest BCUT2D eigenvalue weighted by molar-refractivity contribution is 5.87. The van der Waals surface area contributed by atoms with Gasteiger partial charge in [0.15, 0.2) is 5.58 Å². The summed E-state index contributed by atoms with van der Waals surface area (Å²) in [5.41, 5.74) is 3.31. The highest BCUT2D eigenvalue weighted by Crippen LogP contribution is 2.28. The lowest BCUT2D eigenvalue weighted by Crippen LogP contribution is -2.36. The first-order valence-corrected chi connectivity index (χ1v) is 9.30. The molecular formula is C21H24N4O2. The molecule has 1 atom stereocenters. The van der Waals surface area contributed by atoms with Crippen molar-refractivity contribution in [2.75, 3.05) is 37.4 Å².